The van der Waals surface area contributed by atoms with Gasteiger partial charge in [-0.3, -0.25) is 0 Å². The Bertz CT molecular complexity index is 218. The topological polar surface area (TPSA) is 0 Å². The van der Waals surface area contributed by atoms with Crippen LogP contribution in [-0.4, -0.2) is 0 Å². The lowest BCUT2D eigenvalue weighted by Crippen LogP contribution is -1.81. The second-order valence-electron chi connectivity index (χ2n) is 4.83. The van der Waals surface area contributed by atoms with E-state index in [9.17, 15) is 0 Å². The van der Waals surface area contributed by atoms with Crippen molar-refractivity contribution in [3.8, 4) is 0 Å². The van der Waals surface area contributed by atoms with Gasteiger partial charge in [-0.15, -0.1) is 6.58 Å². The summed E-state index contributed by atoms with van der Waals surface area (Å²) in [4.78, 5) is 0. The highest BCUT2D eigenvalue weighted by atomic mass is 14.0. The average molecular weight is 220 g/mol. The average Bonchev–Trinajstić information content (AvgIpc) is 2.23. The van der Waals surface area contributed by atoms with Crippen LogP contribution < -0.4 is 0 Å². The predicted octanol–water partition coefficient (Wildman–Crippen LogP) is 5.67. The van der Waals surface area contributed by atoms with Crippen molar-refractivity contribution in [3.63, 3.8) is 0 Å². The summed E-state index contributed by atoms with van der Waals surface area (Å²) < 4.78 is 0. The molecule has 0 spiro atoms. The molecule has 16 heavy (non-hydrogen) atoms. The SMILES string of the molecule is C=CCCCC=C(C)CCCC=CC(C)C. The van der Waals surface area contributed by atoms with E-state index in [2.05, 4.69) is 45.6 Å². The Hall–Kier alpha value is -0.780. The Balaban J connectivity index is 3.48. The highest BCUT2D eigenvalue weighted by Gasteiger charge is 1.90. The molecule has 0 unspecified atom stereocenters. The molecule has 0 nitrogen and oxygen atoms in total. The van der Waals surface area contributed by atoms with Crippen molar-refractivity contribution in [2.45, 2.75) is 59.3 Å². The normalized spacial score (nSPS) is 12.6. The van der Waals surface area contributed by atoms with E-state index in [4.69, 9.17) is 0 Å². The van der Waals surface area contributed by atoms with Crippen molar-refractivity contribution in [2.75, 3.05) is 0 Å². The van der Waals surface area contributed by atoms with E-state index in [0.29, 0.717) is 5.92 Å². The van der Waals surface area contributed by atoms with Crippen LogP contribution in [-0.2, 0) is 0 Å². The van der Waals surface area contributed by atoms with Crippen molar-refractivity contribution in [1.82, 2.24) is 0 Å². The van der Waals surface area contributed by atoms with E-state index >= 15 is 0 Å². The van der Waals surface area contributed by atoms with Gasteiger partial charge in [0.15, 0.2) is 0 Å². The van der Waals surface area contributed by atoms with Crippen LogP contribution in [0, 0.1) is 5.92 Å². The van der Waals surface area contributed by atoms with Gasteiger partial charge in [-0.05, 0) is 51.4 Å². The summed E-state index contributed by atoms with van der Waals surface area (Å²) in [6, 6.07) is 0. The van der Waals surface area contributed by atoms with Gasteiger partial charge in [0.2, 0.25) is 0 Å². The third-order valence-corrected chi connectivity index (χ3v) is 2.57. The van der Waals surface area contributed by atoms with E-state index in [1.165, 1.54) is 32.1 Å². The number of rotatable bonds is 9. The smallest absolute Gasteiger partial charge is 0.0290 e. The maximum Gasteiger partial charge on any atom is -0.0290 e. The first kappa shape index (κ1) is 15.2. The lowest BCUT2D eigenvalue weighted by Gasteiger charge is -2.00. The summed E-state index contributed by atoms with van der Waals surface area (Å²) in [5, 5.41) is 0. The van der Waals surface area contributed by atoms with E-state index in [0.717, 1.165) is 6.42 Å². The van der Waals surface area contributed by atoms with Crippen LogP contribution in [0.1, 0.15) is 59.3 Å². The molecule has 0 saturated carbocycles. The Morgan fingerprint density at radius 1 is 1.12 bits per heavy atom. The zero-order chi connectivity index (χ0) is 12.2. The van der Waals surface area contributed by atoms with Crippen LogP contribution in [0.5, 0.6) is 0 Å². The van der Waals surface area contributed by atoms with Crippen molar-refractivity contribution in [2.24, 2.45) is 5.92 Å². The van der Waals surface area contributed by atoms with Gasteiger partial charge in [-0.1, -0.05) is 43.7 Å². The quantitative estimate of drug-likeness (QED) is 0.347. The molecule has 0 bridgehead atoms. The number of hydrogen-bond acceptors (Lipinski definition) is 0. The fourth-order valence-corrected chi connectivity index (χ4v) is 1.58. The highest BCUT2D eigenvalue weighted by Crippen LogP contribution is 2.10. The van der Waals surface area contributed by atoms with Crippen LogP contribution >= 0.6 is 0 Å². The first-order valence-corrected chi connectivity index (χ1v) is 6.60. The zero-order valence-electron chi connectivity index (χ0n) is 11.3. The molecule has 0 aromatic carbocycles. The third kappa shape index (κ3) is 11.3. The second-order valence-corrected chi connectivity index (χ2v) is 4.83. The molecule has 0 heterocycles. The van der Waals surface area contributed by atoms with Crippen LogP contribution in [0.25, 0.3) is 0 Å². The standard InChI is InChI=1S/C16H28/c1-5-6-7-10-13-16(4)14-11-8-9-12-15(2)3/h5,9,12-13,15H,1,6-8,10-11,14H2,2-4H3. The molecule has 0 aromatic heterocycles. The van der Waals surface area contributed by atoms with Crippen LogP contribution in [0.15, 0.2) is 36.5 Å². The lowest BCUT2D eigenvalue weighted by molar-refractivity contribution is 0.790. The molecule has 0 amide bonds. The molecule has 0 atom stereocenters. The van der Waals surface area contributed by atoms with Gasteiger partial charge in [-0.2, -0.15) is 0 Å². The molecule has 0 aliphatic carbocycles. The molecule has 0 rings (SSSR count). The lowest BCUT2D eigenvalue weighted by atomic mass is 10.1. The van der Waals surface area contributed by atoms with Crippen LogP contribution in [0.2, 0.25) is 0 Å². The zero-order valence-corrected chi connectivity index (χ0v) is 11.3. The molecule has 0 aromatic rings. The first-order valence-electron chi connectivity index (χ1n) is 6.60. The minimum atomic E-state index is 0.690. The molecule has 92 valence electrons. The molecule has 0 radical (unpaired) electrons. The minimum Gasteiger partial charge on any atom is -0.103 e. The fourth-order valence-electron chi connectivity index (χ4n) is 1.58. The number of unbranched alkanes of at least 4 members (excludes halogenated alkanes) is 3. The number of allylic oxidation sites excluding steroid dienone is 5. The Morgan fingerprint density at radius 2 is 1.88 bits per heavy atom. The molecule has 0 saturated heterocycles. The molecule has 0 aliphatic heterocycles. The monoisotopic (exact) mass is 220 g/mol. The fraction of sp³-hybridized carbons (Fsp3) is 0.625. The maximum absolute atomic E-state index is 3.73. The molecule has 0 aliphatic rings. The summed E-state index contributed by atoms with van der Waals surface area (Å²) in [5.41, 5.74) is 1.54. The molecular weight excluding hydrogens is 192 g/mol. The van der Waals surface area contributed by atoms with Gasteiger partial charge < -0.3 is 0 Å². The van der Waals surface area contributed by atoms with Crippen LogP contribution in [0.4, 0.5) is 0 Å². The van der Waals surface area contributed by atoms with E-state index in [-0.39, 0.29) is 0 Å². The Morgan fingerprint density at radius 3 is 2.50 bits per heavy atom. The van der Waals surface area contributed by atoms with Gasteiger partial charge in [0.25, 0.3) is 0 Å². The summed E-state index contributed by atoms with van der Waals surface area (Å²) in [7, 11) is 0. The van der Waals surface area contributed by atoms with Gasteiger partial charge >= 0.3 is 0 Å². The summed E-state index contributed by atoms with van der Waals surface area (Å²) in [6.07, 6.45) is 16.3. The van der Waals surface area contributed by atoms with Crippen molar-refractivity contribution < 1.29 is 0 Å². The van der Waals surface area contributed by atoms with Gasteiger partial charge in [0.1, 0.15) is 0 Å². The molecule has 0 N–H and O–H groups in total. The third-order valence-electron chi connectivity index (χ3n) is 2.57. The van der Waals surface area contributed by atoms with Crippen molar-refractivity contribution >= 4 is 0 Å². The number of hydrogen-bond donors (Lipinski definition) is 0. The predicted molar refractivity (Wildman–Crippen MR) is 75.6 cm³/mol. The Kier molecular flexibility index (Phi) is 10.2. The molecule has 0 heteroatoms. The first-order chi connectivity index (χ1) is 7.66. The highest BCUT2D eigenvalue weighted by molar-refractivity contribution is 4.98. The minimum absolute atomic E-state index is 0.690. The summed E-state index contributed by atoms with van der Waals surface area (Å²) >= 11 is 0. The van der Waals surface area contributed by atoms with Gasteiger partial charge in [0, 0.05) is 0 Å². The maximum atomic E-state index is 3.73. The van der Waals surface area contributed by atoms with Gasteiger partial charge in [0.05, 0.1) is 0 Å². The van der Waals surface area contributed by atoms with Crippen LogP contribution in [0.3, 0.4) is 0 Å². The van der Waals surface area contributed by atoms with Crippen molar-refractivity contribution in [1.29, 1.82) is 0 Å². The van der Waals surface area contributed by atoms with E-state index in [1.807, 2.05) is 6.08 Å². The second kappa shape index (κ2) is 10.7. The summed E-state index contributed by atoms with van der Waals surface area (Å²) in [5.74, 6) is 0.690. The molecule has 0 fully saturated rings. The Labute approximate surface area is 102 Å². The summed E-state index contributed by atoms with van der Waals surface area (Å²) in [6.45, 7) is 10.4. The largest absolute Gasteiger partial charge is 0.103 e. The molecular formula is C16H28. The van der Waals surface area contributed by atoms with Crippen molar-refractivity contribution in [3.05, 3.63) is 36.5 Å². The van der Waals surface area contributed by atoms with E-state index < -0.39 is 0 Å². The van der Waals surface area contributed by atoms with Gasteiger partial charge in [-0.25, -0.2) is 0 Å². The van der Waals surface area contributed by atoms with E-state index in [1.54, 1.807) is 5.57 Å².